The van der Waals surface area contributed by atoms with Crippen LogP contribution in [0.15, 0.2) is 53.2 Å². The molecule has 3 aromatic rings. The first kappa shape index (κ1) is 18.2. The number of likely N-dealkylation sites (tertiary alicyclic amines) is 1. The third kappa shape index (κ3) is 3.74. The minimum Gasteiger partial charge on any atom is -0.440 e. The van der Waals surface area contributed by atoms with Gasteiger partial charge in [-0.3, -0.25) is 4.98 Å². The first-order chi connectivity index (χ1) is 13.6. The second kappa shape index (κ2) is 7.80. The normalized spacial score (nSPS) is 14.9. The van der Waals surface area contributed by atoms with E-state index < -0.39 is 0 Å². The van der Waals surface area contributed by atoms with E-state index in [1.54, 1.807) is 54.5 Å². The quantitative estimate of drug-likeness (QED) is 0.665. The maximum Gasteiger partial charge on any atom is 0.415 e. The molecule has 4 rings (SSSR count). The summed E-state index contributed by atoms with van der Waals surface area (Å²) in [4.78, 5) is 22.5. The molecule has 0 N–H and O–H groups in total. The number of carbonyl (C=O) groups excluding carboxylic acids is 1. The zero-order chi connectivity index (χ0) is 19.5. The Kier molecular flexibility index (Phi) is 5.06. The van der Waals surface area contributed by atoms with Crippen molar-refractivity contribution in [3.05, 3.63) is 66.2 Å². The third-order valence-corrected chi connectivity index (χ3v) is 4.92. The van der Waals surface area contributed by atoms with Gasteiger partial charge in [0.1, 0.15) is 5.82 Å². The van der Waals surface area contributed by atoms with Gasteiger partial charge in [-0.25, -0.2) is 14.2 Å². The Morgan fingerprint density at radius 2 is 1.96 bits per heavy atom. The van der Waals surface area contributed by atoms with Crippen molar-refractivity contribution in [3.63, 3.8) is 0 Å². The summed E-state index contributed by atoms with van der Waals surface area (Å²) in [6.07, 6.45) is 4.24. The van der Waals surface area contributed by atoms with E-state index in [0.29, 0.717) is 54.6 Å². The van der Waals surface area contributed by atoms with Crippen molar-refractivity contribution in [3.8, 4) is 17.1 Å². The molecule has 0 spiro atoms. The SMILES string of the molecule is Cc1ncccc1OC(=O)N1CCC(c2ncc(-c3ccccc3F)o2)CC1. The average Bonchev–Trinajstić information content (AvgIpc) is 3.20. The highest BCUT2D eigenvalue weighted by atomic mass is 19.1. The molecule has 1 fully saturated rings. The van der Waals surface area contributed by atoms with E-state index in [0.717, 1.165) is 0 Å². The van der Waals surface area contributed by atoms with Gasteiger partial charge in [0.05, 0.1) is 17.5 Å². The summed E-state index contributed by atoms with van der Waals surface area (Å²) in [5.74, 6) is 1.21. The molecule has 0 radical (unpaired) electrons. The summed E-state index contributed by atoms with van der Waals surface area (Å²) < 4.78 is 25.2. The first-order valence-corrected chi connectivity index (χ1v) is 9.21. The predicted molar refractivity (Wildman–Crippen MR) is 100 cm³/mol. The van der Waals surface area contributed by atoms with Crippen LogP contribution in [-0.2, 0) is 0 Å². The second-order valence-electron chi connectivity index (χ2n) is 6.76. The average molecular weight is 381 g/mol. The summed E-state index contributed by atoms with van der Waals surface area (Å²) in [5, 5.41) is 0. The number of amides is 1. The predicted octanol–water partition coefficient (Wildman–Crippen LogP) is 4.56. The molecule has 1 aliphatic rings. The largest absolute Gasteiger partial charge is 0.440 e. The molecule has 1 amide bonds. The van der Waals surface area contributed by atoms with Crippen LogP contribution in [-0.4, -0.2) is 34.1 Å². The highest BCUT2D eigenvalue weighted by Gasteiger charge is 2.28. The lowest BCUT2D eigenvalue weighted by atomic mass is 9.97. The number of halogens is 1. The zero-order valence-electron chi connectivity index (χ0n) is 15.5. The number of oxazole rings is 1. The van der Waals surface area contributed by atoms with Gasteiger partial charge in [-0.15, -0.1) is 0 Å². The number of aromatic nitrogens is 2. The molecule has 1 saturated heterocycles. The lowest BCUT2D eigenvalue weighted by Gasteiger charge is -2.29. The lowest BCUT2D eigenvalue weighted by Crippen LogP contribution is -2.39. The number of pyridine rings is 1. The van der Waals surface area contributed by atoms with Crippen LogP contribution in [0.25, 0.3) is 11.3 Å². The molecular weight excluding hydrogens is 361 g/mol. The molecule has 7 heteroatoms. The Morgan fingerprint density at radius 3 is 2.71 bits per heavy atom. The van der Waals surface area contributed by atoms with Gasteiger partial charge < -0.3 is 14.1 Å². The van der Waals surface area contributed by atoms with Crippen LogP contribution in [0.1, 0.15) is 30.3 Å². The van der Waals surface area contributed by atoms with E-state index >= 15 is 0 Å². The highest BCUT2D eigenvalue weighted by molar-refractivity contribution is 5.71. The molecule has 0 atom stereocenters. The van der Waals surface area contributed by atoms with Gasteiger partial charge in [0.15, 0.2) is 17.4 Å². The van der Waals surface area contributed by atoms with Crippen molar-refractivity contribution in [2.24, 2.45) is 0 Å². The molecule has 0 aliphatic carbocycles. The van der Waals surface area contributed by atoms with Crippen LogP contribution in [0.4, 0.5) is 9.18 Å². The zero-order valence-corrected chi connectivity index (χ0v) is 15.5. The number of carbonyl (C=O) groups is 1. The number of hydrogen-bond acceptors (Lipinski definition) is 5. The van der Waals surface area contributed by atoms with Gasteiger partial charge in [-0.1, -0.05) is 12.1 Å². The summed E-state index contributed by atoms with van der Waals surface area (Å²) in [6.45, 7) is 2.88. The van der Waals surface area contributed by atoms with Crippen molar-refractivity contribution in [2.45, 2.75) is 25.7 Å². The number of rotatable bonds is 3. The molecular formula is C21H20FN3O3. The number of nitrogens with zero attached hydrogens (tertiary/aromatic N) is 3. The van der Waals surface area contributed by atoms with Crippen molar-refractivity contribution in [1.82, 2.24) is 14.9 Å². The summed E-state index contributed by atoms with van der Waals surface area (Å²) >= 11 is 0. The van der Waals surface area contributed by atoms with E-state index in [1.807, 2.05) is 0 Å². The minimum atomic E-state index is -0.381. The molecule has 2 aromatic heterocycles. The Labute approximate surface area is 162 Å². The maximum atomic E-state index is 13.9. The molecule has 0 saturated carbocycles. The first-order valence-electron chi connectivity index (χ1n) is 9.21. The Balaban J connectivity index is 1.37. The molecule has 0 bridgehead atoms. The molecule has 144 valence electrons. The van der Waals surface area contributed by atoms with Crippen LogP contribution in [0.5, 0.6) is 5.75 Å². The smallest absolute Gasteiger partial charge is 0.415 e. The lowest BCUT2D eigenvalue weighted by molar-refractivity contribution is 0.135. The monoisotopic (exact) mass is 381 g/mol. The number of aryl methyl sites for hydroxylation is 1. The van der Waals surface area contributed by atoms with E-state index in [2.05, 4.69) is 9.97 Å². The minimum absolute atomic E-state index is 0.0877. The van der Waals surface area contributed by atoms with Crippen molar-refractivity contribution in [1.29, 1.82) is 0 Å². The molecule has 1 aliphatic heterocycles. The van der Waals surface area contributed by atoms with Gasteiger partial charge in [0, 0.05) is 25.2 Å². The Morgan fingerprint density at radius 1 is 1.18 bits per heavy atom. The van der Waals surface area contributed by atoms with Crippen molar-refractivity contribution >= 4 is 6.09 Å². The Hall–Kier alpha value is -3.22. The molecule has 0 unspecified atom stereocenters. The fourth-order valence-corrected chi connectivity index (χ4v) is 3.31. The van der Waals surface area contributed by atoms with Crippen LogP contribution in [0, 0.1) is 12.7 Å². The van der Waals surface area contributed by atoms with E-state index in [4.69, 9.17) is 9.15 Å². The van der Waals surface area contributed by atoms with Gasteiger partial charge in [-0.05, 0) is 44.0 Å². The van der Waals surface area contributed by atoms with E-state index in [1.165, 1.54) is 6.07 Å². The Bertz CT molecular complexity index is 980. The fraction of sp³-hybridized carbons (Fsp3) is 0.286. The number of benzene rings is 1. The van der Waals surface area contributed by atoms with Gasteiger partial charge in [0.25, 0.3) is 0 Å². The number of hydrogen-bond donors (Lipinski definition) is 0. The van der Waals surface area contributed by atoms with Gasteiger partial charge in [0.2, 0.25) is 0 Å². The topological polar surface area (TPSA) is 68.5 Å². The van der Waals surface area contributed by atoms with Crippen molar-refractivity contribution in [2.75, 3.05) is 13.1 Å². The summed E-state index contributed by atoms with van der Waals surface area (Å²) in [7, 11) is 0. The molecule has 1 aromatic carbocycles. The highest BCUT2D eigenvalue weighted by Crippen LogP contribution is 2.31. The number of ether oxygens (including phenoxy) is 1. The molecule has 3 heterocycles. The maximum absolute atomic E-state index is 13.9. The number of piperidine rings is 1. The van der Waals surface area contributed by atoms with Crippen molar-refractivity contribution < 1.29 is 18.3 Å². The van der Waals surface area contributed by atoms with Gasteiger partial charge in [-0.2, -0.15) is 0 Å². The standard InChI is InChI=1S/C21H20FN3O3/c1-14-18(7-4-10-23-14)28-21(26)25-11-8-15(9-12-25)20-24-13-19(27-20)16-5-2-3-6-17(16)22/h2-7,10,13,15H,8-9,11-12H2,1H3. The van der Waals surface area contributed by atoms with Crippen LogP contribution >= 0.6 is 0 Å². The fourth-order valence-electron chi connectivity index (χ4n) is 3.31. The van der Waals surface area contributed by atoms with Crippen LogP contribution < -0.4 is 4.74 Å². The summed E-state index contributed by atoms with van der Waals surface area (Å²) in [5.41, 5.74) is 1.07. The third-order valence-electron chi connectivity index (χ3n) is 4.92. The van der Waals surface area contributed by atoms with Crippen LogP contribution in [0.3, 0.4) is 0 Å². The van der Waals surface area contributed by atoms with Crippen LogP contribution in [0.2, 0.25) is 0 Å². The second-order valence-corrected chi connectivity index (χ2v) is 6.76. The van der Waals surface area contributed by atoms with Gasteiger partial charge >= 0.3 is 6.09 Å². The molecule has 28 heavy (non-hydrogen) atoms. The van der Waals surface area contributed by atoms with E-state index in [9.17, 15) is 9.18 Å². The van der Waals surface area contributed by atoms with E-state index in [-0.39, 0.29) is 17.8 Å². The summed E-state index contributed by atoms with van der Waals surface area (Å²) in [6, 6.07) is 9.92. The molecule has 6 nitrogen and oxygen atoms in total.